The van der Waals surface area contributed by atoms with Crippen LogP contribution in [0.4, 0.5) is 10.9 Å². The zero-order valence-corrected chi connectivity index (χ0v) is 22.7. The minimum absolute atomic E-state index is 0.0819. The third-order valence-corrected chi connectivity index (χ3v) is 9.08. The van der Waals surface area contributed by atoms with Crippen molar-refractivity contribution in [2.45, 2.75) is 38.8 Å². The SMILES string of the molecule is C[C@H]1CCCN1Cc1sc(NC(=O)c2cnc(N3CC(CC(=O)O)C3)c(Cl)c2)nc1-c1cc(Cl)cs1. The Labute approximate surface area is 226 Å². The van der Waals surface area contributed by atoms with E-state index in [1.165, 1.54) is 41.7 Å². The zero-order chi connectivity index (χ0) is 25.4. The largest absolute Gasteiger partial charge is 0.481 e. The van der Waals surface area contributed by atoms with Gasteiger partial charge in [0.1, 0.15) is 5.82 Å². The Morgan fingerprint density at radius 3 is 2.72 bits per heavy atom. The lowest BCUT2D eigenvalue weighted by atomic mass is 9.96. The number of anilines is 2. The van der Waals surface area contributed by atoms with E-state index < -0.39 is 5.97 Å². The molecular weight excluding hydrogens is 541 g/mol. The fraction of sp³-hybridized carbons (Fsp3) is 0.417. The lowest BCUT2D eigenvalue weighted by molar-refractivity contribution is -0.138. The number of rotatable bonds is 8. The number of pyridine rings is 1. The highest BCUT2D eigenvalue weighted by molar-refractivity contribution is 7.17. The summed E-state index contributed by atoms with van der Waals surface area (Å²) in [6, 6.07) is 4.01. The highest BCUT2D eigenvalue weighted by Gasteiger charge is 2.31. The molecule has 0 aromatic carbocycles. The van der Waals surface area contributed by atoms with Crippen molar-refractivity contribution in [3.8, 4) is 10.6 Å². The molecule has 3 aromatic heterocycles. The van der Waals surface area contributed by atoms with Crippen molar-refractivity contribution in [3.05, 3.63) is 44.2 Å². The van der Waals surface area contributed by atoms with E-state index in [9.17, 15) is 9.59 Å². The molecule has 0 radical (unpaired) electrons. The topological polar surface area (TPSA) is 98.7 Å². The Morgan fingerprint density at radius 1 is 1.28 bits per heavy atom. The highest BCUT2D eigenvalue weighted by Crippen LogP contribution is 2.38. The number of nitrogens with one attached hydrogen (secondary N) is 1. The Bertz CT molecular complexity index is 1290. The number of carbonyl (C=O) groups is 2. The van der Waals surface area contributed by atoms with Gasteiger partial charge in [0.2, 0.25) is 0 Å². The Kier molecular flexibility index (Phi) is 7.50. The number of likely N-dealkylation sites (tertiary alicyclic amines) is 1. The summed E-state index contributed by atoms with van der Waals surface area (Å²) in [4.78, 5) is 39.4. The van der Waals surface area contributed by atoms with Crippen molar-refractivity contribution < 1.29 is 14.7 Å². The second-order valence-corrected chi connectivity index (χ2v) is 12.1. The molecule has 36 heavy (non-hydrogen) atoms. The molecule has 1 atom stereocenters. The third kappa shape index (κ3) is 5.52. The molecule has 0 unspecified atom stereocenters. The maximum Gasteiger partial charge on any atom is 0.303 e. The molecule has 190 valence electrons. The van der Waals surface area contributed by atoms with Gasteiger partial charge in [0, 0.05) is 48.0 Å². The van der Waals surface area contributed by atoms with Gasteiger partial charge >= 0.3 is 5.97 Å². The van der Waals surface area contributed by atoms with Crippen molar-refractivity contribution in [2.24, 2.45) is 5.92 Å². The first-order valence-corrected chi connectivity index (χ1v) is 14.1. The van der Waals surface area contributed by atoms with Gasteiger partial charge in [-0.05, 0) is 38.4 Å². The summed E-state index contributed by atoms with van der Waals surface area (Å²) in [5.41, 5.74) is 1.18. The number of carbonyl (C=O) groups excluding carboxylic acids is 1. The molecule has 3 aromatic rings. The second kappa shape index (κ2) is 10.6. The van der Waals surface area contributed by atoms with Gasteiger partial charge < -0.3 is 10.0 Å². The summed E-state index contributed by atoms with van der Waals surface area (Å²) in [6.07, 6.45) is 3.98. The van der Waals surface area contributed by atoms with Crippen molar-refractivity contribution in [1.82, 2.24) is 14.9 Å². The predicted molar refractivity (Wildman–Crippen MR) is 145 cm³/mol. The van der Waals surface area contributed by atoms with Crippen LogP contribution in [-0.4, -0.2) is 57.5 Å². The molecule has 5 rings (SSSR count). The summed E-state index contributed by atoms with van der Waals surface area (Å²) < 4.78 is 0. The van der Waals surface area contributed by atoms with Gasteiger partial charge in [-0.3, -0.25) is 19.8 Å². The van der Waals surface area contributed by atoms with Gasteiger partial charge in [0.05, 0.1) is 32.6 Å². The molecule has 2 N–H and O–H groups in total. The predicted octanol–water partition coefficient (Wildman–Crippen LogP) is 5.72. The maximum atomic E-state index is 13.0. The monoisotopic (exact) mass is 565 g/mol. The highest BCUT2D eigenvalue weighted by atomic mass is 35.5. The van der Waals surface area contributed by atoms with Crippen molar-refractivity contribution in [3.63, 3.8) is 0 Å². The number of carboxylic acid groups (broad SMARTS) is 1. The van der Waals surface area contributed by atoms with Gasteiger partial charge in [-0.15, -0.1) is 11.3 Å². The zero-order valence-electron chi connectivity index (χ0n) is 19.5. The summed E-state index contributed by atoms with van der Waals surface area (Å²) in [5.74, 6) is -0.508. The van der Waals surface area contributed by atoms with Crippen LogP contribution >= 0.6 is 45.9 Å². The van der Waals surface area contributed by atoms with Crippen LogP contribution < -0.4 is 10.2 Å². The second-order valence-electron chi connectivity index (χ2n) is 9.23. The van der Waals surface area contributed by atoms with E-state index >= 15 is 0 Å². The maximum absolute atomic E-state index is 13.0. The van der Waals surface area contributed by atoms with Gasteiger partial charge in [-0.1, -0.05) is 34.5 Å². The summed E-state index contributed by atoms with van der Waals surface area (Å²) in [5, 5.41) is 15.3. The first-order chi connectivity index (χ1) is 17.3. The molecule has 0 saturated carbocycles. The standard InChI is InChI=1S/C24H25Cl2N5O3S2/c1-13-3-2-4-30(13)11-19-21(18-7-16(25)12-35-18)28-24(36-19)29-23(34)15-6-17(26)22(27-8-15)31-9-14(10-31)5-20(32)33/h6-8,12-14H,2-5,9-11H2,1H3,(H,32,33)(H,28,29,34)/t13-/m0/s1. The van der Waals surface area contributed by atoms with Crippen molar-refractivity contribution in [2.75, 3.05) is 29.9 Å². The molecule has 5 heterocycles. The van der Waals surface area contributed by atoms with Crippen molar-refractivity contribution >= 4 is 68.7 Å². The first-order valence-electron chi connectivity index (χ1n) is 11.7. The fourth-order valence-electron chi connectivity index (χ4n) is 4.63. The molecule has 1 amide bonds. The first kappa shape index (κ1) is 25.4. The molecule has 0 aliphatic carbocycles. The van der Waals surface area contributed by atoms with Crippen molar-refractivity contribution in [1.29, 1.82) is 0 Å². The number of hydrogen-bond acceptors (Lipinski definition) is 8. The van der Waals surface area contributed by atoms with Gasteiger partial charge in [0.15, 0.2) is 5.13 Å². The van der Waals surface area contributed by atoms with Gasteiger partial charge in [-0.25, -0.2) is 9.97 Å². The molecule has 12 heteroatoms. The molecule has 2 fully saturated rings. The van der Waals surface area contributed by atoms with E-state index in [2.05, 4.69) is 22.1 Å². The Morgan fingerprint density at radius 2 is 2.08 bits per heavy atom. The van der Waals surface area contributed by atoms with Crippen LogP contribution in [-0.2, 0) is 11.3 Å². The van der Waals surface area contributed by atoms with Crippen LogP contribution in [0.2, 0.25) is 10.0 Å². The molecule has 8 nitrogen and oxygen atoms in total. The van der Waals surface area contributed by atoms with Gasteiger partial charge in [0.25, 0.3) is 5.91 Å². The third-order valence-electron chi connectivity index (χ3n) is 6.56. The van der Waals surface area contributed by atoms with Crippen LogP contribution in [0.5, 0.6) is 0 Å². The van der Waals surface area contributed by atoms with Crippen LogP contribution in [0.1, 0.15) is 41.4 Å². The molecule has 0 bridgehead atoms. The fourth-order valence-corrected chi connectivity index (χ4v) is 7.07. The number of amides is 1. The van der Waals surface area contributed by atoms with E-state index in [0.717, 1.165) is 28.5 Å². The number of aromatic nitrogens is 2. The smallest absolute Gasteiger partial charge is 0.303 e. The molecule has 0 spiro atoms. The minimum Gasteiger partial charge on any atom is -0.481 e. The number of hydrogen-bond donors (Lipinski definition) is 2. The lowest BCUT2D eigenvalue weighted by Gasteiger charge is -2.39. The van der Waals surface area contributed by atoms with Crippen LogP contribution in [0.25, 0.3) is 10.6 Å². The average Bonchev–Trinajstić information content (AvgIpc) is 3.51. The lowest BCUT2D eigenvalue weighted by Crippen LogP contribution is -2.48. The van der Waals surface area contributed by atoms with Crippen LogP contribution in [0.15, 0.2) is 23.7 Å². The summed E-state index contributed by atoms with van der Waals surface area (Å²) in [6.45, 7) is 5.23. The Hall–Kier alpha value is -2.24. The quantitative estimate of drug-likeness (QED) is 0.360. The molecule has 2 saturated heterocycles. The normalized spacial score (nSPS) is 18.4. The summed E-state index contributed by atoms with van der Waals surface area (Å²) in [7, 11) is 0. The Balaban J connectivity index is 1.31. The van der Waals surface area contributed by atoms with E-state index in [0.29, 0.717) is 45.7 Å². The van der Waals surface area contributed by atoms with E-state index in [1.807, 2.05) is 16.3 Å². The number of nitrogens with zero attached hydrogens (tertiary/aromatic N) is 4. The van der Waals surface area contributed by atoms with E-state index in [4.69, 9.17) is 33.3 Å². The van der Waals surface area contributed by atoms with Crippen LogP contribution in [0, 0.1) is 5.92 Å². The number of aliphatic carboxylic acids is 1. The van der Waals surface area contributed by atoms with Crippen LogP contribution in [0.3, 0.4) is 0 Å². The number of thiophene rings is 1. The minimum atomic E-state index is -0.809. The number of halogens is 2. The molecular formula is C24H25Cl2N5O3S2. The summed E-state index contributed by atoms with van der Waals surface area (Å²) >= 11 is 15.6. The van der Waals surface area contributed by atoms with E-state index in [-0.39, 0.29) is 18.2 Å². The van der Waals surface area contributed by atoms with Gasteiger partial charge in [-0.2, -0.15) is 0 Å². The van der Waals surface area contributed by atoms with E-state index in [1.54, 1.807) is 6.07 Å². The number of thiazole rings is 1. The number of carboxylic acids is 1. The molecule has 2 aliphatic rings. The molecule has 2 aliphatic heterocycles. The average molecular weight is 567 g/mol.